The minimum Gasteiger partial charge on any atom is -0.379 e. The number of hydrogen-bond donors (Lipinski definition) is 1. The first-order valence-electron chi connectivity index (χ1n) is 9.51. The van der Waals surface area contributed by atoms with Crippen LogP contribution < -0.4 is 5.44 Å². The fourth-order valence-electron chi connectivity index (χ4n) is 3.90. The van der Waals surface area contributed by atoms with Crippen LogP contribution in [0.1, 0.15) is 13.3 Å². The van der Waals surface area contributed by atoms with Crippen molar-refractivity contribution in [3.8, 4) is 0 Å². The quantitative estimate of drug-likeness (QED) is 0.763. The van der Waals surface area contributed by atoms with Gasteiger partial charge in [-0.3, -0.25) is 9.84 Å². The number of aryl methyl sites for hydroxylation is 1. The Balaban J connectivity index is 0.00000210. The topological polar surface area (TPSA) is 66.6 Å². The first kappa shape index (κ1) is 20.8. The third-order valence-corrected chi connectivity index (χ3v) is 8.64. The Bertz CT molecular complexity index is 780. The molecule has 0 aliphatic carbocycles. The van der Waals surface area contributed by atoms with Crippen molar-refractivity contribution in [2.24, 2.45) is 0 Å². The van der Waals surface area contributed by atoms with Crippen LogP contribution in [0.4, 0.5) is 0 Å². The molecule has 4 rings (SSSR count). The van der Waals surface area contributed by atoms with Crippen molar-refractivity contribution in [2.45, 2.75) is 19.9 Å². The molecule has 9 heteroatoms. The monoisotopic (exact) mass is 413 g/mol. The molecule has 0 atom stereocenters. The summed E-state index contributed by atoms with van der Waals surface area (Å²) >= 11 is 0. The number of benzene rings is 1. The molecular formula is C18H29ClN5O2P. The van der Waals surface area contributed by atoms with E-state index >= 15 is 0 Å². The lowest BCUT2D eigenvalue weighted by atomic mass is 10.3. The lowest BCUT2D eigenvalue weighted by molar-refractivity contribution is 0.0574. The van der Waals surface area contributed by atoms with Gasteiger partial charge in [-0.1, -0.05) is 25.1 Å². The van der Waals surface area contributed by atoms with E-state index in [2.05, 4.69) is 39.1 Å². The molecule has 3 heterocycles. The molecule has 0 bridgehead atoms. The number of nitrogens with one attached hydrogen (secondary N) is 1. The summed E-state index contributed by atoms with van der Waals surface area (Å²) < 4.78 is 18.0. The Morgan fingerprint density at radius 3 is 2.11 bits per heavy atom. The van der Waals surface area contributed by atoms with Crippen molar-refractivity contribution in [3.63, 3.8) is 0 Å². The van der Waals surface area contributed by atoms with Crippen molar-refractivity contribution < 1.29 is 9.47 Å². The number of ether oxygens (including phenoxy) is 2. The normalized spacial score (nSPS) is 19.9. The molecule has 0 radical (unpaired) electrons. The number of halogens is 1. The van der Waals surface area contributed by atoms with E-state index in [1.165, 1.54) is 0 Å². The van der Waals surface area contributed by atoms with Crippen LogP contribution in [-0.4, -0.2) is 71.7 Å². The first-order chi connectivity index (χ1) is 12.7. The minimum atomic E-state index is -2.48. The number of hydrogen-bond acceptors (Lipinski definition) is 4. The van der Waals surface area contributed by atoms with Crippen molar-refractivity contribution in [1.29, 1.82) is 5.16 Å². The molecule has 2 saturated heterocycles. The highest BCUT2D eigenvalue weighted by Gasteiger charge is 2.40. The molecule has 7 nitrogen and oxygen atoms in total. The Hall–Kier alpha value is -0.950. The molecule has 2 aromatic rings. The van der Waals surface area contributed by atoms with Crippen LogP contribution in [-0.2, 0) is 16.0 Å². The lowest BCUT2D eigenvalue weighted by Crippen LogP contribution is -2.47. The van der Waals surface area contributed by atoms with E-state index in [0.717, 1.165) is 55.5 Å². The van der Waals surface area contributed by atoms with Gasteiger partial charge < -0.3 is 9.47 Å². The van der Waals surface area contributed by atoms with Crippen LogP contribution in [0.2, 0.25) is 0 Å². The standard InChI is InChI=1S/C18H28N5O2P.ClH/c1-2-7-23-18(16-5-3-4-6-17(16)20-23)26(19,21-8-12-24-13-9-21)22-10-14-25-15-11-22;/h3-6,19H,2,7-15H2,1H3;1H. The molecule has 2 aliphatic rings. The van der Waals surface area contributed by atoms with E-state index in [1.54, 1.807) is 0 Å². The summed E-state index contributed by atoms with van der Waals surface area (Å²) in [5.41, 5.74) is 2.09. The highest BCUT2D eigenvalue weighted by Crippen LogP contribution is 2.54. The van der Waals surface area contributed by atoms with Gasteiger partial charge in [0.15, 0.2) is 0 Å². The molecule has 150 valence electrons. The summed E-state index contributed by atoms with van der Waals surface area (Å²) in [6.45, 7) is 9.04. The molecule has 0 saturated carbocycles. The SMILES string of the molecule is CCCn1nc2ccccc2c1P(=N)(N1CCOCC1)N1CCOCC1.Cl. The summed E-state index contributed by atoms with van der Waals surface area (Å²) in [4.78, 5) is 0. The van der Waals surface area contributed by atoms with Gasteiger partial charge in [-0.05, 0) is 12.5 Å². The number of rotatable bonds is 5. The molecule has 0 unspecified atom stereocenters. The van der Waals surface area contributed by atoms with E-state index < -0.39 is 7.36 Å². The Labute approximate surface area is 167 Å². The Kier molecular flexibility index (Phi) is 6.95. The smallest absolute Gasteiger partial charge is 0.143 e. The summed E-state index contributed by atoms with van der Waals surface area (Å²) in [5, 5.41) is 15.9. The third-order valence-electron chi connectivity index (χ3n) is 5.14. The highest BCUT2D eigenvalue weighted by molar-refractivity contribution is 7.68. The summed E-state index contributed by atoms with van der Waals surface area (Å²) in [6, 6.07) is 8.29. The zero-order chi connectivity index (χ0) is 18.0. The van der Waals surface area contributed by atoms with Gasteiger partial charge in [0.1, 0.15) is 12.8 Å². The van der Waals surface area contributed by atoms with E-state index in [-0.39, 0.29) is 12.4 Å². The fraction of sp³-hybridized carbons (Fsp3) is 0.611. The largest absolute Gasteiger partial charge is 0.379 e. The molecule has 27 heavy (non-hydrogen) atoms. The second-order valence-corrected chi connectivity index (χ2v) is 9.55. The van der Waals surface area contributed by atoms with Crippen LogP contribution in [0.3, 0.4) is 0 Å². The van der Waals surface area contributed by atoms with Gasteiger partial charge in [-0.25, -0.2) is 9.34 Å². The molecule has 0 spiro atoms. The first-order valence-corrected chi connectivity index (χ1v) is 11.2. The van der Waals surface area contributed by atoms with Gasteiger partial charge in [-0.2, -0.15) is 5.10 Å². The Morgan fingerprint density at radius 1 is 1.00 bits per heavy atom. The van der Waals surface area contributed by atoms with Crippen LogP contribution >= 0.6 is 19.8 Å². The van der Waals surface area contributed by atoms with Crippen LogP contribution in [0.25, 0.3) is 10.9 Å². The van der Waals surface area contributed by atoms with Crippen molar-refractivity contribution in [1.82, 2.24) is 19.1 Å². The van der Waals surface area contributed by atoms with Gasteiger partial charge in [0.25, 0.3) is 0 Å². The predicted molar refractivity (Wildman–Crippen MR) is 111 cm³/mol. The third kappa shape index (κ3) is 3.82. The van der Waals surface area contributed by atoms with Crippen molar-refractivity contribution in [3.05, 3.63) is 24.3 Å². The summed E-state index contributed by atoms with van der Waals surface area (Å²) in [5.74, 6) is 0. The summed E-state index contributed by atoms with van der Waals surface area (Å²) in [7, 11) is -2.48. The van der Waals surface area contributed by atoms with E-state index in [1.807, 2.05) is 6.07 Å². The van der Waals surface area contributed by atoms with Crippen LogP contribution in [0.15, 0.2) is 24.3 Å². The van der Waals surface area contributed by atoms with E-state index in [4.69, 9.17) is 14.6 Å². The van der Waals surface area contributed by atoms with Gasteiger partial charge in [-0.15, -0.1) is 12.4 Å². The molecular weight excluding hydrogens is 385 g/mol. The predicted octanol–water partition coefficient (Wildman–Crippen LogP) is 2.77. The highest BCUT2D eigenvalue weighted by atomic mass is 35.5. The second kappa shape index (κ2) is 9.03. The lowest BCUT2D eigenvalue weighted by Gasteiger charge is -2.45. The van der Waals surface area contributed by atoms with Crippen LogP contribution in [0, 0.1) is 5.16 Å². The Morgan fingerprint density at radius 2 is 1.56 bits per heavy atom. The average molecular weight is 414 g/mol. The number of nitrogens with zero attached hydrogens (tertiary/aromatic N) is 4. The average Bonchev–Trinajstić information content (AvgIpc) is 3.07. The van der Waals surface area contributed by atoms with Gasteiger partial charge in [0.2, 0.25) is 0 Å². The number of morpholine rings is 2. The van der Waals surface area contributed by atoms with Gasteiger partial charge >= 0.3 is 0 Å². The molecule has 1 aromatic heterocycles. The minimum absolute atomic E-state index is 0. The number of fused-ring (bicyclic) bond motifs is 1. The second-order valence-electron chi connectivity index (χ2n) is 6.80. The number of aromatic nitrogens is 2. The molecule has 1 aromatic carbocycles. The van der Waals surface area contributed by atoms with Crippen molar-refractivity contribution >= 4 is 36.1 Å². The maximum absolute atomic E-state index is 9.86. The van der Waals surface area contributed by atoms with Crippen LogP contribution in [0.5, 0.6) is 0 Å². The zero-order valence-electron chi connectivity index (χ0n) is 15.8. The maximum Gasteiger partial charge on any atom is 0.143 e. The molecule has 1 N–H and O–H groups in total. The van der Waals surface area contributed by atoms with Gasteiger partial charge in [0.05, 0.1) is 31.9 Å². The molecule has 2 aliphatic heterocycles. The molecule has 2 fully saturated rings. The zero-order valence-corrected chi connectivity index (χ0v) is 17.6. The van der Waals surface area contributed by atoms with E-state index in [9.17, 15) is 5.16 Å². The fourth-order valence-corrected chi connectivity index (χ4v) is 7.27. The van der Waals surface area contributed by atoms with Crippen molar-refractivity contribution in [2.75, 3.05) is 52.6 Å². The molecule has 0 amide bonds. The van der Waals surface area contributed by atoms with E-state index in [0.29, 0.717) is 26.4 Å². The maximum atomic E-state index is 9.86. The summed E-state index contributed by atoms with van der Waals surface area (Å²) in [6.07, 6.45) is 1.01. The van der Waals surface area contributed by atoms with Gasteiger partial charge in [0, 0.05) is 38.1 Å².